The standard InChI is InChI=1S/C36H26F4O5P/c1-34(23-13-3-2-4-14-23)42-32-33(43-34)36(26-17-7-11-21-30(26)39,27-18-8-12-22-31(27)40)45-46(41)44-35(32,24-15-5-9-19-28(24)37)25-16-6-10-20-29(25)38/h2-22,32-33H,1H3/q+1/t32-,33-/m1/s1. The van der Waals surface area contributed by atoms with E-state index < -0.39 is 60.7 Å². The van der Waals surface area contributed by atoms with Gasteiger partial charge in [0.1, 0.15) is 35.5 Å². The van der Waals surface area contributed by atoms with Gasteiger partial charge >= 0.3 is 8.25 Å². The van der Waals surface area contributed by atoms with Gasteiger partial charge in [-0.3, -0.25) is 0 Å². The van der Waals surface area contributed by atoms with Crippen molar-refractivity contribution in [3.05, 3.63) is 178 Å². The van der Waals surface area contributed by atoms with Gasteiger partial charge in [-0.05, 0) is 31.2 Å². The van der Waals surface area contributed by atoms with E-state index in [0.717, 1.165) is 24.3 Å². The van der Waals surface area contributed by atoms with Crippen LogP contribution < -0.4 is 0 Å². The third-order valence-corrected chi connectivity index (χ3v) is 9.49. The lowest BCUT2D eigenvalue weighted by molar-refractivity contribution is -0.195. The molecule has 2 heterocycles. The molecule has 2 aliphatic heterocycles. The quantitative estimate of drug-likeness (QED) is 0.141. The molecule has 5 aromatic rings. The van der Waals surface area contributed by atoms with Crippen molar-refractivity contribution in [2.75, 3.05) is 0 Å². The van der Waals surface area contributed by atoms with E-state index in [9.17, 15) is 4.57 Å². The number of benzene rings is 5. The fourth-order valence-corrected chi connectivity index (χ4v) is 7.72. The average Bonchev–Trinajstić information content (AvgIpc) is 3.39. The summed E-state index contributed by atoms with van der Waals surface area (Å²) in [5.74, 6) is -5.04. The van der Waals surface area contributed by atoms with Gasteiger partial charge in [0.25, 0.3) is 0 Å². The van der Waals surface area contributed by atoms with Crippen LogP contribution in [0.5, 0.6) is 0 Å². The number of ether oxygens (including phenoxy) is 2. The summed E-state index contributed by atoms with van der Waals surface area (Å²) in [4.78, 5) is 0. The Hall–Kier alpha value is -4.24. The third-order valence-electron chi connectivity index (χ3n) is 8.61. The van der Waals surface area contributed by atoms with Crippen molar-refractivity contribution in [1.29, 1.82) is 0 Å². The van der Waals surface area contributed by atoms with Crippen molar-refractivity contribution in [3.8, 4) is 0 Å². The maximum Gasteiger partial charge on any atom is 0.700 e. The molecule has 0 amide bonds. The van der Waals surface area contributed by atoms with Crippen LogP contribution in [-0.4, -0.2) is 12.2 Å². The molecule has 2 saturated heterocycles. The molecule has 0 N–H and O–H groups in total. The molecular weight excluding hydrogens is 619 g/mol. The van der Waals surface area contributed by atoms with Crippen LogP contribution in [0.3, 0.4) is 0 Å². The molecule has 2 fully saturated rings. The second kappa shape index (κ2) is 11.5. The van der Waals surface area contributed by atoms with Crippen LogP contribution in [0.4, 0.5) is 17.6 Å². The zero-order chi connectivity index (χ0) is 32.1. The number of hydrogen-bond acceptors (Lipinski definition) is 5. The van der Waals surface area contributed by atoms with Crippen LogP contribution in [0, 0.1) is 23.3 Å². The van der Waals surface area contributed by atoms with Gasteiger partial charge in [0.15, 0.2) is 5.79 Å². The zero-order valence-electron chi connectivity index (χ0n) is 24.3. The number of fused-ring (bicyclic) bond motifs is 1. The van der Waals surface area contributed by atoms with E-state index in [1.807, 2.05) is 0 Å². The highest BCUT2D eigenvalue weighted by Crippen LogP contribution is 2.63. The molecule has 0 aliphatic carbocycles. The van der Waals surface area contributed by atoms with E-state index in [1.165, 1.54) is 72.8 Å². The van der Waals surface area contributed by atoms with Crippen molar-refractivity contribution in [2.45, 2.75) is 36.1 Å². The second-order valence-corrected chi connectivity index (χ2v) is 12.0. The monoisotopic (exact) mass is 645 g/mol. The minimum atomic E-state index is -3.42. The molecule has 0 aromatic heterocycles. The lowest BCUT2D eigenvalue weighted by atomic mass is 9.71. The summed E-state index contributed by atoms with van der Waals surface area (Å²) in [6.07, 6.45) is -3.26. The number of hydrogen-bond donors (Lipinski definition) is 0. The molecule has 0 spiro atoms. The van der Waals surface area contributed by atoms with E-state index in [2.05, 4.69) is 0 Å². The van der Waals surface area contributed by atoms with Crippen LogP contribution in [0.15, 0.2) is 127 Å². The molecule has 232 valence electrons. The number of halogens is 4. The van der Waals surface area contributed by atoms with E-state index in [1.54, 1.807) is 37.3 Å². The normalized spacial score (nSPS) is 21.4. The van der Waals surface area contributed by atoms with E-state index >= 15 is 17.6 Å². The maximum absolute atomic E-state index is 16.1. The van der Waals surface area contributed by atoms with Crippen LogP contribution in [-0.2, 0) is 40.1 Å². The fourth-order valence-electron chi connectivity index (χ4n) is 6.61. The van der Waals surface area contributed by atoms with Crippen molar-refractivity contribution < 1.29 is 40.6 Å². The Labute approximate surface area is 263 Å². The molecule has 0 radical (unpaired) electrons. The Morgan fingerprint density at radius 3 is 1.13 bits per heavy atom. The van der Waals surface area contributed by atoms with Crippen molar-refractivity contribution in [2.24, 2.45) is 0 Å². The van der Waals surface area contributed by atoms with Gasteiger partial charge in [0.05, 0.1) is 0 Å². The van der Waals surface area contributed by atoms with Gasteiger partial charge in [0.2, 0.25) is 11.2 Å². The Morgan fingerprint density at radius 1 is 0.500 bits per heavy atom. The van der Waals surface area contributed by atoms with E-state index in [4.69, 9.17) is 18.5 Å². The lowest BCUT2D eigenvalue weighted by Gasteiger charge is -2.38. The zero-order valence-corrected chi connectivity index (χ0v) is 25.2. The predicted octanol–water partition coefficient (Wildman–Crippen LogP) is 8.79. The van der Waals surface area contributed by atoms with Gasteiger partial charge < -0.3 is 9.47 Å². The summed E-state index contributed by atoms with van der Waals surface area (Å²) >= 11 is 0. The highest BCUT2D eigenvalue weighted by atomic mass is 31.1. The third kappa shape index (κ3) is 4.62. The molecule has 2 aliphatic rings. The van der Waals surface area contributed by atoms with E-state index in [-0.39, 0.29) is 22.3 Å². The smallest absolute Gasteiger partial charge is 0.336 e. The molecule has 5 nitrogen and oxygen atoms in total. The van der Waals surface area contributed by atoms with Crippen LogP contribution in [0.2, 0.25) is 0 Å². The minimum Gasteiger partial charge on any atom is -0.336 e. The van der Waals surface area contributed by atoms with Crippen LogP contribution in [0.1, 0.15) is 34.7 Å². The molecule has 0 bridgehead atoms. The van der Waals surface area contributed by atoms with Gasteiger partial charge in [-0.2, -0.15) is 0 Å². The molecule has 7 rings (SSSR count). The molecular formula is C36H26F4O5P+. The summed E-state index contributed by atoms with van der Waals surface area (Å²) in [5, 5.41) is 0. The van der Waals surface area contributed by atoms with Crippen molar-refractivity contribution in [1.82, 2.24) is 0 Å². The van der Waals surface area contributed by atoms with Crippen LogP contribution in [0.25, 0.3) is 0 Å². The average molecular weight is 646 g/mol. The summed E-state index contributed by atoms with van der Waals surface area (Å²) in [6, 6.07) is 30.4. The van der Waals surface area contributed by atoms with Crippen molar-refractivity contribution >= 4 is 8.25 Å². The highest BCUT2D eigenvalue weighted by Gasteiger charge is 2.73. The largest absolute Gasteiger partial charge is 0.700 e. The van der Waals surface area contributed by atoms with Crippen LogP contribution >= 0.6 is 8.25 Å². The first-order valence-corrected chi connectivity index (χ1v) is 15.6. The first-order valence-electron chi connectivity index (χ1n) is 14.5. The predicted molar refractivity (Wildman–Crippen MR) is 160 cm³/mol. The van der Waals surface area contributed by atoms with Gasteiger partial charge in [0, 0.05) is 32.4 Å². The van der Waals surface area contributed by atoms with Crippen molar-refractivity contribution in [3.63, 3.8) is 0 Å². The fraction of sp³-hybridized carbons (Fsp3) is 0.167. The first kappa shape index (κ1) is 30.4. The molecule has 46 heavy (non-hydrogen) atoms. The minimum absolute atomic E-state index is 0.249. The first-order chi connectivity index (χ1) is 22.2. The molecule has 0 saturated carbocycles. The molecule has 0 unspecified atom stereocenters. The Kier molecular flexibility index (Phi) is 7.62. The topological polar surface area (TPSA) is 54.0 Å². The highest BCUT2D eigenvalue weighted by molar-refractivity contribution is 7.33. The second-order valence-electron chi connectivity index (χ2n) is 11.2. The maximum atomic E-state index is 16.1. The van der Waals surface area contributed by atoms with Gasteiger partial charge in [-0.1, -0.05) is 112 Å². The summed E-state index contributed by atoms with van der Waals surface area (Å²) in [5.41, 5.74) is -5.23. The number of rotatable bonds is 5. The molecule has 10 heteroatoms. The molecule has 5 aromatic carbocycles. The SMILES string of the molecule is CC1(c2ccccc2)O[C@@H]2[C@@H](O1)C(c1ccccc1F)(c1ccccc1F)O[P+](=O)OC2(c1ccccc1F)c1ccccc1F. The molecule has 2 atom stereocenters. The van der Waals surface area contributed by atoms with Gasteiger partial charge in [-0.25, -0.2) is 17.6 Å². The van der Waals surface area contributed by atoms with Gasteiger partial charge in [-0.15, -0.1) is 0 Å². The Morgan fingerprint density at radius 2 is 0.804 bits per heavy atom. The Bertz CT molecular complexity index is 1730. The summed E-state index contributed by atoms with van der Waals surface area (Å²) in [7, 11) is -3.42. The Balaban J connectivity index is 1.63. The summed E-state index contributed by atoms with van der Waals surface area (Å²) in [6.45, 7) is 1.58. The lowest BCUT2D eigenvalue weighted by Crippen LogP contribution is -2.54. The summed E-state index contributed by atoms with van der Waals surface area (Å²) < 4.78 is 104. The van der Waals surface area contributed by atoms with E-state index in [0.29, 0.717) is 5.56 Å².